The molecule has 0 radical (unpaired) electrons. The van der Waals surface area contributed by atoms with Crippen LogP contribution < -0.4 is 9.62 Å². The molecular weight excluding hydrogens is 593 g/mol. The summed E-state index contributed by atoms with van der Waals surface area (Å²) in [6, 6.07) is 16.6. The summed E-state index contributed by atoms with van der Waals surface area (Å²) < 4.78 is 28.7. The largest absolute Gasteiger partial charge is 0.354 e. The molecule has 0 spiro atoms. The Kier molecular flexibility index (Phi) is 11.3. The minimum absolute atomic E-state index is 0.00314. The molecule has 0 aliphatic heterocycles. The number of hydrogen-bond donors (Lipinski definition) is 1. The maximum absolute atomic E-state index is 13.9. The lowest BCUT2D eigenvalue weighted by Gasteiger charge is -2.32. The van der Waals surface area contributed by atoms with Gasteiger partial charge in [0.2, 0.25) is 11.8 Å². The molecule has 0 bridgehead atoms. The summed E-state index contributed by atoms with van der Waals surface area (Å²) in [5.41, 5.74) is 1.73. The van der Waals surface area contributed by atoms with Crippen molar-refractivity contribution in [1.82, 2.24) is 10.2 Å². The number of sulfonamides is 1. The summed E-state index contributed by atoms with van der Waals surface area (Å²) in [6.45, 7) is 5.41. The molecule has 3 aromatic rings. The third-order valence-electron chi connectivity index (χ3n) is 6.29. The molecule has 0 aromatic heterocycles. The van der Waals surface area contributed by atoms with Gasteiger partial charge >= 0.3 is 0 Å². The number of halogens is 3. The Balaban J connectivity index is 2.03. The van der Waals surface area contributed by atoms with E-state index in [1.54, 1.807) is 43.3 Å². The Labute approximate surface area is 251 Å². The highest BCUT2D eigenvalue weighted by atomic mass is 35.5. The van der Waals surface area contributed by atoms with Crippen LogP contribution in [0.25, 0.3) is 0 Å². The van der Waals surface area contributed by atoms with Crippen LogP contribution in [0.15, 0.2) is 71.6 Å². The van der Waals surface area contributed by atoms with Crippen LogP contribution >= 0.6 is 34.8 Å². The second kappa shape index (κ2) is 14.2. The van der Waals surface area contributed by atoms with Gasteiger partial charge in [0.05, 0.1) is 10.6 Å². The molecule has 0 saturated carbocycles. The van der Waals surface area contributed by atoms with Gasteiger partial charge in [-0.05, 0) is 68.3 Å². The van der Waals surface area contributed by atoms with E-state index in [0.717, 1.165) is 28.3 Å². The molecule has 0 aliphatic carbocycles. The Bertz CT molecular complexity index is 1410. The van der Waals surface area contributed by atoms with Crippen molar-refractivity contribution in [3.8, 4) is 0 Å². The van der Waals surface area contributed by atoms with Gasteiger partial charge in [0, 0.05) is 28.2 Å². The number of amides is 2. The quantitative estimate of drug-likeness (QED) is 0.234. The number of benzene rings is 3. The smallest absolute Gasteiger partial charge is 0.264 e. The van der Waals surface area contributed by atoms with Crippen LogP contribution in [-0.2, 0) is 26.2 Å². The van der Waals surface area contributed by atoms with Crippen LogP contribution in [0.2, 0.25) is 15.1 Å². The number of rotatable bonds is 12. The molecule has 2 amide bonds. The van der Waals surface area contributed by atoms with E-state index >= 15 is 0 Å². The molecule has 214 valence electrons. The zero-order chi connectivity index (χ0) is 29.4. The predicted octanol–water partition coefficient (Wildman–Crippen LogP) is 6.48. The van der Waals surface area contributed by atoms with Crippen molar-refractivity contribution < 1.29 is 18.0 Å². The molecule has 11 heteroatoms. The Morgan fingerprint density at radius 2 is 1.50 bits per heavy atom. The van der Waals surface area contributed by atoms with Crippen LogP contribution in [0.3, 0.4) is 0 Å². The summed E-state index contributed by atoms with van der Waals surface area (Å²) in [4.78, 5) is 28.3. The molecule has 0 saturated heterocycles. The number of hydrogen-bond acceptors (Lipinski definition) is 4. The minimum Gasteiger partial charge on any atom is -0.354 e. The highest BCUT2D eigenvalue weighted by molar-refractivity contribution is 7.92. The molecule has 0 heterocycles. The zero-order valence-electron chi connectivity index (χ0n) is 22.5. The number of carbonyl (C=O) groups is 2. The summed E-state index contributed by atoms with van der Waals surface area (Å²) in [7, 11) is -4.22. The summed E-state index contributed by atoms with van der Waals surface area (Å²) in [6.07, 6.45) is 1.69. The second-order valence-electron chi connectivity index (χ2n) is 9.42. The van der Waals surface area contributed by atoms with Gasteiger partial charge in [0.25, 0.3) is 10.0 Å². The molecule has 3 rings (SSSR count). The molecule has 0 fully saturated rings. The van der Waals surface area contributed by atoms with Gasteiger partial charge in [0.15, 0.2) is 0 Å². The van der Waals surface area contributed by atoms with Gasteiger partial charge in [-0.1, -0.05) is 78.0 Å². The third-order valence-corrected chi connectivity index (χ3v) is 8.76. The van der Waals surface area contributed by atoms with Gasteiger partial charge in [-0.25, -0.2) is 8.42 Å². The average molecular weight is 625 g/mol. The first-order valence-corrected chi connectivity index (χ1v) is 15.4. The van der Waals surface area contributed by atoms with Crippen LogP contribution in [0.4, 0.5) is 5.69 Å². The van der Waals surface area contributed by atoms with Crippen molar-refractivity contribution in [3.05, 3.63) is 92.9 Å². The Morgan fingerprint density at radius 1 is 0.900 bits per heavy atom. The monoisotopic (exact) mass is 623 g/mol. The lowest BCUT2D eigenvalue weighted by molar-refractivity contribution is -0.139. The SMILES string of the molecule is CCCCNC(=O)C(C)N(Cc1ccc(Cl)cc1)C(=O)CN(c1cc(Cl)cc(Cl)c1)S(=O)(=O)c1ccc(C)cc1. The maximum Gasteiger partial charge on any atom is 0.264 e. The van der Waals surface area contributed by atoms with Gasteiger partial charge in [-0.2, -0.15) is 0 Å². The second-order valence-corrected chi connectivity index (χ2v) is 12.6. The predicted molar refractivity (Wildman–Crippen MR) is 162 cm³/mol. The minimum atomic E-state index is -4.22. The van der Waals surface area contributed by atoms with Crippen LogP contribution in [0.1, 0.15) is 37.8 Å². The zero-order valence-corrected chi connectivity index (χ0v) is 25.6. The third kappa shape index (κ3) is 8.36. The van der Waals surface area contributed by atoms with Crippen molar-refractivity contribution in [2.24, 2.45) is 0 Å². The standard InChI is InChI=1S/C29H32Cl3N3O4S/c1-4-5-14-33-29(37)21(3)34(18-22-8-10-23(30)11-9-22)28(36)19-35(26-16-24(31)15-25(32)17-26)40(38,39)27-12-6-20(2)7-13-27/h6-13,15-17,21H,4-5,14,18-19H2,1-3H3,(H,33,37). The van der Waals surface area contributed by atoms with E-state index in [1.807, 2.05) is 13.8 Å². The summed E-state index contributed by atoms with van der Waals surface area (Å²) in [5.74, 6) is -0.922. The highest BCUT2D eigenvalue weighted by Gasteiger charge is 2.32. The molecule has 3 aromatic carbocycles. The number of anilines is 1. The number of nitrogens with zero attached hydrogens (tertiary/aromatic N) is 2. The molecule has 0 aliphatic rings. The Morgan fingerprint density at radius 3 is 2.08 bits per heavy atom. The number of carbonyl (C=O) groups excluding carboxylic acids is 2. The van der Waals surface area contributed by atoms with E-state index in [4.69, 9.17) is 34.8 Å². The average Bonchev–Trinajstić information content (AvgIpc) is 2.90. The molecule has 7 nitrogen and oxygen atoms in total. The molecule has 1 unspecified atom stereocenters. The van der Waals surface area contributed by atoms with Crippen LogP contribution in [0, 0.1) is 6.92 Å². The lowest BCUT2D eigenvalue weighted by atomic mass is 10.1. The fourth-order valence-electron chi connectivity index (χ4n) is 3.95. The van der Waals surface area contributed by atoms with E-state index in [-0.39, 0.29) is 33.1 Å². The number of unbranched alkanes of at least 4 members (excludes halogenated alkanes) is 1. The van der Waals surface area contributed by atoms with E-state index in [1.165, 1.54) is 35.2 Å². The Hall–Kier alpha value is -2.78. The van der Waals surface area contributed by atoms with Crippen molar-refractivity contribution in [1.29, 1.82) is 0 Å². The van der Waals surface area contributed by atoms with Crippen molar-refractivity contribution in [3.63, 3.8) is 0 Å². The first-order valence-electron chi connectivity index (χ1n) is 12.8. The van der Waals surface area contributed by atoms with Crippen LogP contribution in [0.5, 0.6) is 0 Å². The molecule has 1 atom stereocenters. The molecule has 40 heavy (non-hydrogen) atoms. The number of aryl methyl sites for hydroxylation is 1. The normalized spacial score (nSPS) is 12.1. The van der Waals surface area contributed by atoms with Gasteiger partial charge in [0.1, 0.15) is 12.6 Å². The van der Waals surface area contributed by atoms with Crippen molar-refractivity contribution in [2.75, 3.05) is 17.4 Å². The van der Waals surface area contributed by atoms with Crippen molar-refractivity contribution >= 4 is 62.3 Å². The summed E-state index contributed by atoms with van der Waals surface area (Å²) >= 11 is 18.5. The van der Waals surface area contributed by atoms with E-state index in [0.29, 0.717) is 11.6 Å². The van der Waals surface area contributed by atoms with Gasteiger partial charge in [-0.15, -0.1) is 0 Å². The first kappa shape index (κ1) is 31.7. The van der Waals surface area contributed by atoms with E-state index in [2.05, 4.69) is 5.32 Å². The van der Waals surface area contributed by atoms with Gasteiger partial charge < -0.3 is 10.2 Å². The fraction of sp³-hybridized carbons (Fsp3) is 0.310. The molecular formula is C29H32Cl3N3O4S. The van der Waals surface area contributed by atoms with Gasteiger partial charge in [-0.3, -0.25) is 13.9 Å². The summed E-state index contributed by atoms with van der Waals surface area (Å²) in [5, 5.41) is 3.80. The maximum atomic E-state index is 13.9. The highest BCUT2D eigenvalue weighted by Crippen LogP contribution is 2.30. The van der Waals surface area contributed by atoms with Crippen molar-refractivity contribution in [2.45, 2.75) is 51.1 Å². The van der Waals surface area contributed by atoms with E-state index in [9.17, 15) is 18.0 Å². The van der Waals surface area contributed by atoms with Crippen LogP contribution in [-0.4, -0.2) is 44.3 Å². The molecule has 1 N–H and O–H groups in total. The fourth-order valence-corrected chi connectivity index (χ4v) is 5.99. The van der Waals surface area contributed by atoms with E-state index < -0.39 is 28.5 Å². The topological polar surface area (TPSA) is 86.8 Å². The number of nitrogens with one attached hydrogen (secondary N) is 1. The lowest BCUT2D eigenvalue weighted by Crippen LogP contribution is -2.51. The first-order chi connectivity index (χ1) is 18.9.